The first-order chi connectivity index (χ1) is 13.0. The average Bonchev–Trinajstić information content (AvgIpc) is 3.31. The van der Waals surface area contributed by atoms with Gasteiger partial charge in [0.2, 0.25) is 0 Å². The first-order valence-electron chi connectivity index (χ1n) is 9.77. The van der Waals surface area contributed by atoms with Crippen LogP contribution in [0, 0.1) is 27.7 Å². The van der Waals surface area contributed by atoms with Gasteiger partial charge in [-0.05, 0) is 13.8 Å². The summed E-state index contributed by atoms with van der Waals surface area (Å²) in [4.78, 5) is 0. The fraction of sp³-hybridized carbons (Fsp3) is 0.280. The van der Waals surface area contributed by atoms with Crippen LogP contribution in [0.2, 0.25) is 12.1 Å². The molecule has 4 aromatic carbocycles. The van der Waals surface area contributed by atoms with E-state index in [0.29, 0.717) is 5.49 Å². The zero-order valence-electron chi connectivity index (χ0n) is 17.7. The third-order valence-electron chi connectivity index (χ3n) is 5.46. The molecular formula is C25H28Cl2HfSi-2. The van der Waals surface area contributed by atoms with E-state index in [1.54, 1.807) is 41.5 Å². The van der Waals surface area contributed by atoms with Gasteiger partial charge in [0.05, 0.1) is 0 Å². The number of fused-ring (bicyclic) bond motifs is 2. The number of aryl methyl sites for hydroxylation is 4. The van der Waals surface area contributed by atoms with Gasteiger partial charge in [0.25, 0.3) is 0 Å². The van der Waals surface area contributed by atoms with E-state index in [1.165, 1.54) is 43.8 Å². The van der Waals surface area contributed by atoms with Crippen molar-refractivity contribution in [2.75, 3.05) is 0 Å². The Hall–Kier alpha value is -0.673. The van der Waals surface area contributed by atoms with E-state index in [-0.39, 0.29) is 24.8 Å². The minimum absolute atomic E-state index is 0. The van der Waals surface area contributed by atoms with Gasteiger partial charge in [-0.3, -0.25) is 0 Å². The molecule has 0 nitrogen and oxygen atoms in total. The van der Waals surface area contributed by atoms with Crippen LogP contribution in [0.25, 0.3) is 21.5 Å². The summed E-state index contributed by atoms with van der Waals surface area (Å²) in [6.45, 7) is 8.62. The fourth-order valence-corrected chi connectivity index (χ4v) is 7.95. The number of benzene rings is 2. The van der Waals surface area contributed by atoms with Crippen molar-refractivity contribution in [3.05, 3.63) is 82.9 Å². The summed E-state index contributed by atoms with van der Waals surface area (Å²) in [7, 11) is 0. The first-order valence-corrected chi connectivity index (χ1v) is 17.1. The van der Waals surface area contributed by atoms with Gasteiger partial charge < -0.3 is 24.8 Å². The SMILES string of the molecule is Cc1ccc(C)c2[cH-]ccc12.Cc1ccc(C)c2[cH-]ccc12.[Cl-].[Cl-].[Hf+2]=[Si]1CCC1. The van der Waals surface area contributed by atoms with Gasteiger partial charge in [-0.25, -0.2) is 0 Å². The van der Waals surface area contributed by atoms with E-state index in [1.807, 2.05) is 0 Å². The quantitative estimate of drug-likeness (QED) is 0.210. The summed E-state index contributed by atoms with van der Waals surface area (Å²) < 4.78 is 0. The second kappa shape index (κ2) is 12.2. The zero-order chi connectivity index (χ0) is 19.4. The van der Waals surface area contributed by atoms with Gasteiger partial charge in [0.15, 0.2) is 0 Å². The summed E-state index contributed by atoms with van der Waals surface area (Å²) in [5.41, 5.74) is 5.93. The fourth-order valence-electron chi connectivity index (χ4n) is 3.43. The van der Waals surface area contributed by atoms with Gasteiger partial charge in [0.1, 0.15) is 0 Å². The van der Waals surface area contributed by atoms with Crippen LogP contribution in [0.15, 0.2) is 60.7 Å². The van der Waals surface area contributed by atoms with Crippen LogP contribution in [0.1, 0.15) is 28.7 Å². The molecule has 0 N–H and O–H groups in total. The molecule has 0 atom stereocenters. The molecule has 0 radical (unpaired) electrons. The molecule has 4 heteroatoms. The molecule has 0 saturated carbocycles. The second-order valence-corrected chi connectivity index (χ2v) is 17.4. The Kier molecular flexibility index (Phi) is 11.1. The molecule has 0 aromatic heterocycles. The predicted molar refractivity (Wildman–Crippen MR) is 118 cm³/mol. The molecule has 29 heavy (non-hydrogen) atoms. The molecule has 1 fully saturated rings. The standard InChI is InChI=1S/2C11H11.C3H6Si.2ClH.Hf/c2*1-8-6-7-9(2)11-5-3-4-10(8)11;1-2-4-3-1;;;/h2*3-7H,1-2H3;1-3H2;2*1H;/q2*-1;;;;+2/p-2. The molecule has 0 spiro atoms. The van der Waals surface area contributed by atoms with Crippen LogP contribution in [0.5, 0.6) is 0 Å². The van der Waals surface area contributed by atoms with Crippen LogP contribution in [-0.4, -0.2) is 5.49 Å². The molecule has 1 aliphatic rings. The molecule has 1 saturated heterocycles. The van der Waals surface area contributed by atoms with Crippen LogP contribution in [0.3, 0.4) is 0 Å². The third-order valence-corrected chi connectivity index (χ3v) is 12.8. The first kappa shape index (κ1) is 26.4. The van der Waals surface area contributed by atoms with Crippen molar-refractivity contribution in [1.29, 1.82) is 0 Å². The van der Waals surface area contributed by atoms with E-state index in [9.17, 15) is 0 Å². The molecule has 1 aliphatic heterocycles. The summed E-state index contributed by atoms with van der Waals surface area (Å²) in [5, 5.41) is 5.57. The number of halogens is 2. The maximum atomic E-state index is 2.18. The number of rotatable bonds is 0. The van der Waals surface area contributed by atoms with E-state index in [0.717, 1.165) is 0 Å². The Morgan fingerprint density at radius 1 is 0.655 bits per heavy atom. The number of hydrogen-bond acceptors (Lipinski definition) is 0. The third kappa shape index (κ3) is 6.65. The van der Waals surface area contributed by atoms with Crippen molar-refractivity contribution in [3.63, 3.8) is 0 Å². The van der Waals surface area contributed by atoms with Gasteiger partial charge >= 0.3 is 47.0 Å². The second-order valence-electron chi connectivity index (χ2n) is 7.56. The molecule has 0 unspecified atom stereocenters. The van der Waals surface area contributed by atoms with Gasteiger partial charge in [-0.1, -0.05) is 37.1 Å². The summed E-state index contributed by atoms with van der Waals surface area (Å²) >= 11 is 1.56. The summed E-state index contributed by atoms with van der Waals surface area (Å²) in [6.07, 6.45) is 1.57. The summed E-state index contributed by atoms with van der Waals surface area (Å²) in [5.74, 6) is 0. The van der Waals surface area contributed by atoms with Crippen LogP contribution >= 0.6 is 0 Å². The van der Waals surface area contributed by atoms with Crippen molar-refractivity contribution in [2.24, 2.45) is 0 Å². The molecule has 152 valence electrons. The molecule has 5 rings (SSSR count). The van der Waals surface area contributed by atoms with Gasteiger partial charge in [-0.2, -0.15) is 24.3 Å². The molecule has 0 bridgehead atoms. The molecule has 0 amide bonds. The Morgan fingerprint density at radius 3 is 1.28 bits per heavy atom. The monoisotopic (exact) mass is 606 g/mol. The maximum absolute atomic E-state index is 2.18. The van der Waals surface area contributed by atoms with E-state index in [2.05, 4.69) is 88.4 Å². The van der Waals surface area contributed by atoms with Crippen LogP contribution < -0.4 is 24.8 Å². The van der Waals surface area contributed by atoms with Crippen molar-refractivity contribution < 1.29 is 47.8 Å². The Morgan fingerprint density at radius 2 is 1.00 bits per heavy atom. The normalized spacial score (nSPS) is 12.0. The van der Waals surface area contributed by atoms with Gasteiger partial charge in [0, 0.05) is 0 Å². The molecule has 4 aromatic rings. The van der Waals surface area contributed by atoms with E-state index >= 15 is 0 Å². The van der Waals surface area contributed by atoms with Crippen molar-refractivity contribution in [2.45, 2.75) is 46.2 Å². The van der Waals surface area contributed by atoms with Crippen LogP contribution in [0.4, 0.5) is 0 Å². The topological polar surface area (TPSA) is 0 Å². The number of hydrogen-bond donors (Lipinski definition) is 0. The van der Waals surface area contributed by atoms with Crippen molar-refractivity contribution >= 4 is 27.0 Å². The van der Waals surface area contributed by atoms with E-state index in [4.69, 9.17) is 0 Å². The average molecular weight is 606 g/mol. The van der Waals surface area contributed by atoms with Crippen molar-refractivity contribution in [3.8, 4) is 0 Å². The van der Waals surface area contributed by atoms with Crippen LogP contribution in [-0.2, 0) is 23.0 Å². The summed E-state index contributed by atoms with van der Waals surface area (Å²) in [6, 6.07) is 25.0. The molecule has 1 heterocycles. The predicted octanol–water partition coefficient (Wildman–Crippen LogP) is 1.29. The van der Waals surface area contributed by atoms with Crippen molar-refractivity contribution in [1.82, 2.24) is 0 Å². The Bertz CT molecular complexity index is 919. The molecule has 0 aliphatic carbocycles. The Labute approximate surface area is 202 Å². The Balaban J connectivity index is 0.000000224. The minimum atomic E-state index is 0. The van der Waals surface area contributed by atoms with Gasteiger partial charge in [-0.15, -0.1) is 56.9 Å². The molecular weight excluding hydrogens is 578 g/mol. The zero-order valence-corrected chi connectivity index (χ0v) is 23.8. The van der Waals surface area contributed by atoms with E-state index < -0.39 is 0 Å².